The summed E-state index contributed by atoms with van der Waals surface area (Å²) in [5.74, 6) is -2.08. The number of amides is 2. The Morgan fingerprint density at radius 1 is 1.17 bits per heavy atom. The number of hydrogen-bond donors (Lipinski definition) is 0. The third-order valence-electron chi connectivity index (χ3n) is 4.96. The minimum Gasteiger partial charge on any atom is -0.344 e. The highest BCUT2D eigenvalue weighted by Gasteiger charge is 2.51. The summed E-state index contributed by atoms with van der Waals surface area (Å²) in [7, 11) is 1.76. The van der Waals surface area contributed by atoms with E-state index in [2.05, 4.69) is 0 Å². The largest absolute Gasteiger partial charge is 0.344 e. The first-order valence-electron chi connectivity index (χ1n) is 7.94. The molecule has 0 aliphatic carbocycles. The summed E-state index contributed by atoms with van der Waals surface area (Å²) in [5, 5.41) is 0. The van der Waals surface area contributed by atoms with Crippen molar-refractivity contribution >= 4 is 11.8 Å². The molecule has 124 valence electrons. The lowest BCUT2D eigenvalue weighted by atomic mass is 9.85. The van der Waals surface area contributed by atoms with Crippen LogP contribution in [-0.4, -0.2) is 47.3 Å². The Labute approximate surface area is 134 Å². The normalized spacial score (nSPS) is 24.6. The predicted octanol–water partition coefficient (Wildman–Crippen LogP) is 2.12. The van der Waals surface area contributed by atoms with Gasteiger partial charge in [0.25, 0.3) is 0 Å². The predicted molar refractivity (Wildman–Crippen MR) is 80.6 cm³/mol. The maximum absolute atomic E-state index is 13.3. The first kappa shape index (κ1) is 15.9. The van der Waals surface area contributed by atoms with Gasteiger partial charge in [0.2, 0.25) is 11.8 Å². The number of halogens is 2. The summed E-state index contributed by atoms with van der Waals surface area (Å²) in [4.78, 5) is 28.7. The second-order valence-electron chi connectivity index (χ2n) is 6.44. The molecule has 1 spiro atoms. The number of rotatable bonds is 2. The van der Waals surface area contributed by atoms with Crippen LogP contribution in [0, 0.1) is 11.6 Å². The Hall–Kier alpha value is -1.98. The van der Waals surface area contributed by atoms with Gasteiger partial charge in [-0.15, -0.1) is 0 Å². The Morgan fingerprint density at radius 2 is 1.87 bits per heavy atom. The average Bonchev–Trinajstić information content (AvgIpc) is 2.93. The van der Waals surface area contributed by atoms with Crippen LogP contribution in [0.15, 0.2) is 18.2 Å². The van der Waals surface area contributed by atoms with Crippen molar-refractivity contribution in [1.82, 2.24) is 9.80 Å². The van der Waals surface area contributed by atoms with E-state index < -0.39 is 17.2 Å². The number of likely N-dealkylation sites (N-methyl/N-ethyl adjacent to an activating group) is 1. The van der Waals surface area contributed by atoms with Crippen molar-refractivity contribution < 1.29 is 18.4 Å². The molecule has 2 saturated heterocycles. The molecule has 2 amide bonds. The second kappa shape index (κ2) is 5.91. The fourth-order valence-corrected chi connectivity index (χ4v) is 3.82. The van der Waals surface area contributed by atoms with E-state index in [9.17, 15) is 18.4 Å². The zero-order valence-corrected chi connectivity index (χ0v) is 13.1. The standard InChI is InChI=1S/C17H20F2N2O2/c1-20-8-2-6-17(16(20)23)7-3-9-21(17)15(22)11-12-4-5-13(18)14(19)10-12/h4-5,10H,2-3,6-9,11H2,1H3. The maximum atomic E-state index is 13.3. The molecule has 4 nitrogen and oxygen atoms in total. The third-order valence-corrected chi connectivity index (χ3v) is 4.96. The molecule has 3 rings (SSSR count). The Morgan fingerprint density at radius 3 is 2.57 bits per heavy atom. The first-order valence-corrected chi connectivity index (χ1v) is 7.94. The highest BCUT2D eigenvalue weighted by Crippen LogP contribution is 2.38. The molecule has 0 saturated carbocycles. The summed E-state index contributed by atoms with van der Waals surface area (Å²) < 4.78 is 26.3. The number of benzene rings is 1. The average molecular weight is 322 g/mol. The molecule has 0 N–H and O–H groups in total. The maximum Gasteiger partial charge on any atom is 0.248 e. The van der Waals surface area contributed by atoms with Crippen LogP contribution in [0.25, 0.3) is 0 Å². The SMILES string of the molecule is CN1CCCC2(CCCN2C(=O)Cc2ccc(F)c(F)c2)C1=O. The van der Waals surface area contributed by atoms with Gasteiger partial charge in [-0.05, 0) is 43.4 Å². The molecule has 1 aromatic carbocycles. The van der Waals surface area contributed by atoms with Gasteiger partial charge >= 0.3 is 0 Å². The van der Waals surface area contributed by atoms with E-state index in [1.165, 1.54) is 6.07 Å². The minimum absolute atomic E-state index is 0.000105. The van der Waals surface area contributed by atoms with Gasteiger partial charge in [0.1, 0.15) is 5.54 Å². The van der Waals surface area contributed by atoms with Gasteiger partial charge in [0.05, 0.1) is 6.42 Å². The van der Waals surface area contributed by atoms with Gasteiger partial charge in [0, 0.05) is 20.1 Å². The van der Waals surface area contributed by atoms with Gasteiger partial charge in [-0.3, -0.25) is 9.59 Å². The van der Waals surface area contributed by atoms with Crippen LogP contribution in [0.4, 0.5) is 8.78 Å². The molecule has 0 aromatic heterocycles. The summed E-state index contributed by atoms with van der Waals surface area (Å²) >= 11 is 0. The molecular formula is C17H20F2N2O2. The van der Waals surface area contributed by atoms with Crippen LogP contribution < -0.4 is 0 Å². The smallest absolute Gasteiger partial charge is 0.248 e. The van der Waals surface area contributed by atoms with Crippen molar-refractivity contribution in [3.8, 4) is 0 Å². The minimum atomic E-state index is -0.958. The molecular weight excluding hydrogens is 302 g/mol. The van der Waals surface area contributed by atoms with Gasteiger partial charge in [0.15, 0.2) is 11.6 Å². The van der Waals surface area contributed by atoms with Crippen molar-refractivity contribution in [3.05, 3.63) is 35.4 Å². The third kappa shape index (κ3) is 2.71. The van der Waals surface area contributed by atoms with Crippen molar-refractivity contribution in [1.29, 1.82) is 0 Å². The lowest BCUT2D eigenvalue weighted by Crippen LogP contribution is -2.60. The Balaban J connectivity index is 1.80. The van der Waals surface area contributed by atoms with E-state index in [1.807, 2.05) is 0 Å². The molecule has 1 aromatic rings. The molecule has 0 bridgehead atoms. The van der Waals surface area contributed by atoms with Gasteiger partial charge in [-0.25, -0.2) is 8.78 Å². The fourth-order valence-electron chi connectivity index (χ4n) is 3.82. The molecule has 23 heavy (non-hydrogen) atoms. The Bertz CT molecular complexity index is 649. The lowest BCUT2D eigenvalue weighted by molar-refractivity contribution is -0.153. The van der Waals surface area contributed by atoms with E-state index in [-0.39, 0.29) is 18.2 Å². The van der Waals surface area contributed by atoms with Crippen LogP contribution in [0.1, 0.15) is 31.2 Å². The summed E-state index contributed by atoms with van der Waals surface area (Å²) in [6, 6.07) is 3.48. The quantitative estimate of drug-likeness (QED) is 0.837. The molecule has 1 atom stereocenters. The summed E-state index contributed by atoms with van der Waals surface area (Å²) in [6.45, 7) is 1.26. The van der Waals surface area contributed by atoms with Crippen LogP contribution in [0.5, 0.6) is 0 Å². The summed E-state index contributed by atoms with van der Waals surface area (Å²) in [6.07, 6.45) is 3.01. The molecule has 0 radical (unpaired) electrons. The molecule has 6 heteroatoms. The zero-order valence-electron chi connectivity index (χ0n) is 13.1. The number of nitrogens with zero attached hydrogens (tertiary/aromatic N) is 2. The van der Waals surface area contributed by atoms with Crippen molar-refractivity contribution in [2.45, 2.75) is 37.6 Å². The lowest BCUT2D eigenvalue weighted by Gasteiger charge is -2.43. The highest BCUT2D eigenvalue weighted by atomic mass is 19.2. The number of piperidine rings is 1. The topological polar surface area (TPSA) is 40.6 Å². The van der Waals surface area contributed by atoms with E-state index in [0.29, 0.717) is 31.5 Å². The van der Waals surface area contributed by atoms with Crippen LogP contribution in [0.2, 0.25) is 0 Å². The van der Waals surface area contributed by atoms with Crippen LogP contribution in [0.3, 0.4) is 0 Å². The molecule has 2 heterocycles. The number of hydrogen-bond acceptors (Lipinski definition) is 2. The van der Waals surface area contributed by atoms with Gasteiger partial charge in [-0.1, -0.05) is 6.07 Å². The summed E-state index contributed by atoms with van der Waals surface area (Å²) in [5.41, 5.74) is -0.310. The van der Waals surface area contributed by atoms with Crippen molar-refractivity contribution in [3.63, 3.8) is 0 Å². The zero-order chi connectivity index (χ0) is 16.6. The molecule has 2 aliphatic heterocycles. The Kier molecular flexibility index (Phi) is 4.08. The van der Waals surface area contributed by atoms with E-state index in [4.69, 9.17) is 0 Å². The fraction of sp³-hybridized carbons (Fsp3) is 0.529. The van der Waals surface area contributed by atoms with E-state index >= 15 is 0 Å². The number of carbonyl (C=O) groups excluding carboxylic acids is 2. The van der Waals surface area contributed by atoms with Crippen LogP contribution >= 0.6 is 0 Å². The van der Waals surface area contributed by atoms with Gasteiger partial charge in [-0.2, -0.15) is 0 Å². The molecule has 1 unspecified atom stereocenters. The van der Waals surface area contributed by atoms with Crippen molar-refractivity contribution in [2.75, 3.05) is 20.1 Å². The molecule has 2 aliphatic rings. The van der Waals surface area contributed by atoms with Gasteiger partial charge < -0.3 is 9.80 Å². The number of likely N-dealkylation sites (tertiary alicyclic amines) is 2. The van der Waals surface area contributed by atoms with Crippen molar-refractivity contribution in [2.24, 2.45) is 0 Å². The highest BCUT2D eigenvalue weighted by molar-refractivity contribution is 5.93. The van der Waals surface area contributed by atoms with E-state index in [1.54, 1.807) is 16.8 Å². The second-order valence-corrected chi connectivity index (χ2v) is 6.44. The number of carbonyl (C=O) groups is 2. The molecule has 2 fully saturated rings. The van der Waals surface area contributed by atoms with Crippen LogP contribution in [-0.2, 0) is 16.0 Å². The van der Waals surface area contributed by atoms with E-state index in [0.717, 1.165) is 25.0 Å². The monoisotopic (exact) mass is 322 g/mol. The first-order chi connectivity index (χ1) is 10.9.